The van der Waals surface area contributed by atoms with Crippen LogP contribution in [-0.4, -0.2) is 84.9 Å². The molecule has 0 radical (unpaired) electrons. The number of ether oxygens (including phenoxy) is 7. The minimum Gasteiger partial charge on any atom is -0.467 e. The summed E-state index contributed by atoms with van der Waals surface area (Å²) in [5.74, 6) is -2.48. The summed E-state index contributed by atoms with van der Waals surface area (Å²) in [6, 6.07) is 16.3. The molecule has 12 nitrogen and oxygen atoms in total. The summed E-state index contributed by atoms with van der Waals surface area (Å²) in [6.45, 7) is 15.5. The monoisotopic (exact) mass is 812 g/mol. The van der Waals surface area contributed by atoms with Crippen molar-refractivity contribution in [2.24, 2.45) is 39.4 Å². The van der Waals surface area contributed by atoms with Crippen LogP contribution < -0.4 is 4.74 Å². The van der Waals surface area contributed by atoms with Crippen LogP contribution in [0.2, 0.25) is 0 Å². The van der Waals surface area contributed by atoms with Crippen LogP contribution in [0, 0.1) is 39.4 Å². The summed E-state index contributed by atoms with van der Waals surface area (Å²) in [7, 11) is 1.26. The molecule has 2 aliphatic heterocycles. The smallest absolute Gasteiger partial charge is 0.342 e. The molecule has 2 aromatic rings. The van der Waals surface area contributed by atoms with Crippen molar-refractivity contribution in [3.05, 3.63) is 84.5 Å². The third-order valence-corrected chi connectivity index (χ3v) is 15.8. The molecule has 2 heterocycles. The third kappa shape index (κ3) is 5.72. The Morgan fingerprint density at radius 1 is 0.898 bits per heavy atom. The number of allylic oxidation sites excluding steroid dienone is 1. The minimum absolute atomic E-state index is 0.0880. The second kappa shape index (κ2) is 14.3. The molecule has 13 atom stereocenters. The normalized spacial score (nSPS) is 40.8. The number of aliphatic hydroxyl groups is 1. The summed E-state index contributed by atoms with van der Waals surface area (Å²) >= 11 is 0. The Balaban J connectivity index is 1.20. The second-order valence-electron chi connectivity index (χ2n) is 18.4. The van der Waals surface area contributed by atoms with Crippen LogP contribution >= 0.6 is 0 Å². The van der Waals surface area contributed by atoms with E-state index in [1.807, 2.05) is 56.3 Å². The van der Waals surface area contributed by atoms with Crippen molar-refractivity contribution < 1.29 is 57.4 Å². The molecule has 4 saturated carbocycles. The SMILES string of the molecule is C=C1C[C@@]2(O)C3CC[C@]4(C)C(CC[C@@]5(C(C)OC(=O)c6ccccc6Oc6ccccc6)COCC=C[C@H]54)[C@@]3(C)[C@H](OC(C)=O)[C@H](OC(C)=O)[C@@]2(C)[C@]2(C(=O)OC)O[C@H]12. The Labute approximate surface area is 345 Å². The van der Waals surface area contributed by atoms with Gasteiger partial charge in [-0.25, -0.2) is 9.59 Å². The first-order chi connectivity index (χ1) is 28.0. The predicted octanol–water partition coefficient (Wildman–Crippen LogP) is 6.93. The van der Waals surface area contributed by atoms with Crippen molar-refractivity contribution >= 4 is 23.9 Å². The molecule has 59 heavy (non-hydrogen) atoms. The van der Waals surface area contributed by atoms with Crippen molar-refractivity contribution in [1.29, 1.82) is 0 Å². The van der Waals surface area contributed by atoms with Crippen LogP contribution in [0.25, 0.3) is 0 Å². The Kier molecular flexibility index (Phi) is 9.99. The lowest BCUT2D eigenvalue weighted by atomic mass is 9.32. The zero-order chi connectivity index (χ0) is 42.3. The van der Waals surface area contributed by atoms with Gasteiger partial charge in [0, 0.05) is 31.1 Å². The van der Waals surface area contributed by atoms with Crippen molar-refractivity contribution in [2.75, 3.05) is 20.3 Å². The molecule has 8 rings (SSSR count). The number of epoxide rings is 1. The van der Waals surface area contributed by atoms with E-state index in [0.717, 1.165) is 0 Å². The van der Waals surface area contributed by atoms with E-state index in [4.69, 9.17) is 33.2 Å². The number of esters is 4. The van der Waals surface area contributed by atoms with E-state index in [1.165, 1.54) is 21.0 Å². The van der Waals surface area contributed by atoms with Gasteiger partial charge in [0.25, 0.3) is 0 Å². The van der Waals surface area contributed by atoms with Crippen molar-refractivity contribution in [2.45, 2.75) is 109 Å². The summed E-state index contributed by atoms with van der Waals surface area (Å²) < 4.78 is 43.1. The topological polar surface area (TPSA) is 156 Å². The zero-order valence-corrected chi connectivity index (χ0v) is 35.0. The molecule has 5 fully saturated rings. The highest BCUT2D eigenvalue weighted by Crippen LogP contribution is 2.78. The van der Waals surface area contributed by atoms with E-state index >= 15 is 0 Å². The zero-order valence-electron chi connectivity index (χ0n) is 35.0. The number of rotatable bonds is 8. The van der Waals surface area contributed by atoms with Gasteiger partial charge in [-0.3, -0.25) is 9.59 Å². The Morgan fingerprint density at radius 2 is 1.56 bits per heavy atom. The number of methoxy groups -OCH3 is 1. The third-order valence-electron chi connectivity index (χ3n) is 15.8. The van der Waals surface area contributed by atoms with Gasteiger partial charge in [-0.15, -0.1) is 0 Å². The maximum absolute atomic E-state index is 14.2. The standard InChI is InChI=1S/C47H56O12/c1-27-25-46(52)36-20-22-42(5)34(43(36,6)38(56-29(3)48)39(57-30(4)49)44(46,7)47(37(27)59-47)41(51)53-8)21-23-45(26-54-24-14-19-35(42)45)28(2)55-40(50)32-17-12-13-18-33(32)58-31-15-10-9-11-16-31/h9-19,28,34-39,52H,1,20-26H2,2-8H3/t28?,34?,35-,36?,37+,38+,39-,42+,43+,44+,45-,46+,47-/m0/s1. The average Bonchev–Trinajstić information content (AvgIpc) is 4.00. The van der Waals surface area contributed by atoms with Crippen LogP contribution in [0.15, 0.2) is 78.9 Å². The van der Waals surface area contributed by atoms with E-state index in [2.05, 4.69) is 19.6 Å². The first kappa shape index (κ1) is 41.2. The second-order valence-corrected chi connectivity index (χ2v) is 18.4. The van der Waals surface area contributed by atoms with Crippen LogP contribution in [0.5, 0.6) is 11.5 Å². The minimum atomic E-state index is -1.72. The Bertz CT molecular complexity index is 2080. The lowest BCUT2D eigenvalue weighted by Gasteiger charge is -2.73. The van der Waals surface area contributed by atoms with Gasteiger partial charge in [-0.1, -0.05) is 62.9 Å². The van der Waals surface area contributed by atoms with Crippen LogP contribution in [-0.2, 0) is 42.8 Å². The lowest BCUT2D eigenvalue weighted by Crippen LogP contribution is -2.82. The number of hydrogen-bond acceptors (Lipinski definition) is 12. The van der Waals surface area contributed by atoms with Crippen molar-refractivity contribution in [3.63, 3.8) is 0 Å². The predicted molar refractivity (Wildman–Crippen MR) is 213 cm³/mol. The van der Waals surface area contributed by atoms with Gasteiger partial charge in [0.05, 0.1) is 31.3 Å². The van der Waals surface area contributed by atoms with Gasteiger partial charge >= 0.3 is 23.9 Å². The molecule has 316 valence electrons. The summed E-state index contributed by atoms with van der Waals surface area (Å²) in [5, 5.41) is 13.6. The molecule has 1 N–H and O–H groups in total. The largest absolute Gasteiger partial charge is 0.467 e. The van der Waals surface area contributed by atoms with E-state index in [-0.39, 0.29) is 18.3 Å². The van der Waals surface area contributed by atoms with Gasteiger partial charge in [-0.05, 0) is 92.5 Å². The van der Waals surface area contributed by atoms with Crippen LogP contribution in [0.1, 0.15) is 84.0 Å². The molecule has 3 unspecified atom stereocenters. The summed E-state index contributed by atoms with van der Waals surface area (Å²) in [6.07, 6.45) is 2.78. The van der Waals surface area contributed by atoms with Crippen molar-refractivity contribution in [3.8, 4) is 11.5 Å². The summed E-state index contributed by atoms with van der Waals surface area (Å²) in [4.78, 5) is 54.5. The number of benzene rings is 2. The molecule has 12 heteroatoms. The molecule has 0 spiro atoms. The molecule has 2 aromatic carbocycles. The van der Waals surface area contributed by atoms with Crippen molar-refractivity contribution in [1.82, 2.24) is 0 Å². The number of carbonyl (C=O) groups excluding carboxylic acids is 4. The quantitative estimate of drug-likeness (QED) is 0.127. The fourth-order valence-corrected chi connectivity index (χ4v) is 13.3. The molecule has 1 saturated heterocycles. The van der Waals surface area contributed by atoms with E-state index in [0.29, 0.717) is 61.5 Å². The molecule has 0 bridgehead atoms. The fourth-order valence-electron chi connectivity index (χ4n) is 13.3. The molecule has 0 amide bonds. The molecular formula is C47H56O12. The van der Waals surface area contributed by atoms with Gasteiger partial charge in [0.15, 0.2) is 6.10 Å². The number of para-hydroxylation sites is 2. The van der Waals surface area contributed by atoms with Gasteiger partial charge in [0.1, 0.15) is 35.4 Å². The Morgan fingerprint density at radius 3 is 2.25 bits per heavy atom. The number of carbonyl (C=O) groups is 4. The molecule has 4 aliphatic carbocycles. The lowest BCUT2D eigenvalue weighted by molar-refractivity contribution is -0.336. The number of fused-ring (bicyclic) bond motifs is 9. The number of hydrogen-bond donors (Lipinski definition) is 1. The van der Waals surface area contributed by atoms with Gasteiger partial charge in [-0.2, -0.15) is 0 Å². The van der Waals surface area contributed by atoms with Crippen LogP contribution in [0.4, 0.5) is 0 Å². The maximum atomic E-state index is 14.2. The molecule has 0 aromatic heterocycles. The highest BCUT2D eigenvalue weighted by molar-refractivity contribution is 5.92. The van der Waals surface area contributed by atoms with Gasteiger partial charge in [0.2, 0.25) is 5.60 Å². The van der Waals surface area contributed by atoms with Crippen LogP contribution in [0.3, 0.4) is 0 Å². The first-order valence-corrected chi connectivity index (χ1v) is 20.7. The van der Waals surface area contributed by atoms with E-state index < -0.39 is 87.1 Å². The highest BCUT2D eigenvalue weighted by Gasteiger charge is 2.90. The molecule has 6 aliphatic rings. The van der Waals surface area contributed by atoms with Gasteiger partial charge < -0.3 is 38.3 Å². The fraction of sp³-hybridized carbons (Fsp3) is 0.574. The van der Waals surface area contributed by atoms with E-state index in [1.54, 1.807) is 25.1 Å². The Hall–Kier alpha value is -4.52. The highest BCUT2D eigenvalue weighted by atomic mass is 16.7. The average molecular weight is 813 g/mol. The summed E-state index contributed by atoms with van der Waals surface area (Å²) in [5.41, 5.74) is -6.37. The first-order valence-electron chi connectivity index (χ1n) is 20.7. The van der Waals surface area contributed by atoms with E-state index in [9.17, 15) is 24.3 Å². The maximum Gasteiger partial charge on any atom is 0.342 e. The molecular weight excluding hydrogens is 757 g/mol.